The minimum absolute atomic E-state index is 0.110. The minimum Gasteiger partial charge on any atom is -0.466 e. The summed E-state index contributed by atoms with van der Waals surface area (Å²) < 4.78 is 7.32. The number of rotatable bonds is 8. The van der Waals surface area contributed by atoms with Crippen LogP contribution in [0.3, 0.4) is 0 Å². The van der Waals surface area contributed by atoms with Crippen molar-refractivity contribution < 1.29 is 9.53 Å². The van der Waals surface area contributed by atoms with Gasteiger partial charge < -0.3 is 9.30 Å². The van der Waals surface area contributed by atoms with Gasteiger partial charge in [-0.05, 0) is 32.3 Å². The fourth-order valence-electron chi connectivity index (χ4n) is 3.24. The van der Waals surface area contributed by atoms with E-state index in [1.54, 1.807) is 0 Å². The number of imidazole rings is 1. The van der Waals surface area contributed by atoms with Crippen molar-refractivity contribution in [2.45, 2.75) is 52.5 Å². The average molecular weight is 339 g/mol. The van der Waals surface area contributed by atoms with Crippen LogP contribution in [0.4, 0.5) is 0 Å². The zero-order valence-corrected chi connectivity index (χ0v) is 15.0. The highest BCUT2D eigenvalue weighted by Crippen LogP contribution is 2.25. The van der Waals surface area contributed by atoms with Gasteiger partial charge in [-0.25, -0.2) is 4.98 Å². The first-order chi connectivity index (χ1) is 12.2. The second-order valence-electron chi connectivity index (χ2n) is 6.20. The first kappa shape index (κ1) is 17.4. The highest BCUT2D eigenvalue weighted by molar-refractivity contribution is 6.02. The number of unbranched alkanes of at least 4 members (excludes halogenated alkanes) is 1. The molecule has 3 aromatic rings. The normalized spacial score (nSPS) is 11.3. The summed E-state index contributed by atoms with van der Waals surface area (Å²) in [6.45, 7) is 5.32. The first-order valence-electron chi connectivity index (χ1n) is 9.13. The molecule has 0 aliphatic heterocycles. The highest BCUT2D eigenvalue weighted by atomic mass is 16.5. The molecule has 25 heavy (non-hydrogen) atoms. The summed E-state index contributed by atoms with van der Waals surface area (Å²) in [5.74, 6) is 0.994. The summed E-state index contributed by atoms with van der Waals surface area (Å²) in [4.78, 5) is 20.8. The number of carbonyl (C=O) groups excluding carboxylic acids is 1. The molecule has 0 radical (unpaired) electrons. The van der Waals surface area contributed by atoms with E-state index in [9.17, 15) is 4.79 Å². The maximum Gasteiger partial charge on any atom is 0.305 e. The third-order valence-corrected chi connectivity index (χ3v) is 4.35. The van der Waals surface area contributed by atoms with E-state index in [-0.39, 0.29) is 5.97 Å². The Bertz CT molecular complexity index is 870. The molecule has 2 aromatic heterocycles. The molecule has 0 bridgehead atoms. The van der Waals surface area contributed by atoms with Crippen molar-refractivity contribution in [3.8, 4) is 0 Å². The van der Waals surface area contributed by atoms with Crippen LogP contribution in [0.1, 0.15) is 45.4 Å². The van der Waals surface area contributed by atoms with Gasteiger partial charge in [0, 0.05) is 24.8 Å². The summed E-state index contributed by atoms with van der Waals surface area (Å²) >= 11 is 0. The lowest BCUT2D eigenvalue weighted by Gasteiger charge is -2.10. The van der Waals surface area contributed by atoms with E-state index in [0.717, 1.165) is 60.0 Å². The van der Waals surface area contributed by atoms with Gasteiger partial charge in [0.15, 0.2) is 0 Å². The number of ether oxygens (including phenoxy) is 1. The van der Waals surface area contributed by atoms with E-state index in [1.165, 1.54) is 0 Å². The Hall–Kier alpha value is -2.43. The molecule has 0 aliphatic carbocycles. The number of aromatic nitrogens is 3. The quantitative estimate of drug-likeness (QED) is 0.454. The lowest BCUT2D eigenvalue weighted by Crippen LogP contribution is -2.07. The predicted octanol–water partition coefficient (Wildman–Crippen LogP) is 4.27. The number of benzene rings is 1. The van der Waals surface area contributed by atoms with Crippen LogP contribution in [0.15, 0.2) is 30.5 Å². The molecular formula is C20H25N3O2. The maximum absolute atomic E-state index is 11.5. The monoisotopic (exact) mass is 339 g/mol. The Morgan fingerprint density at radius 1 is 1.16 bits per heavy atom. The Balaban J connectivity index is 1.87. The van der Waals surface area contributed by atoms with Crippen molar-refractivity contribution in [1.82, 2.24) is 14.5 Å². The molecule has 0 aliphatic rings. The maximum atomic E-state index is 11.5. The third-order valence-electron chi connectivity index (χ3n) is 4.35. The van der Waals surface area contributed by atoms with Crippen molar-refractivity contribution in [2.75, 3.05) is 6.61 Å². The molecule has 0 unspecified atom stereocenters. The summed E-state index contributed by atoms with van der Waals surface area (Å²) in [5.41, 5.74) is 3.10. The van der Waals surface area contributed by atoms with Crippen LogP contribution in [-0.2, 0) is 22.5 Å². The molecule has 5 nitrogen and oxygen atoms in total. The van der Waals surface area contributed by atoms with E-state index in [4.69, 9.17) is 9.72 Å². The van der Waals surface area contributed by atoms with Crippen LogP contribution < -0.4 is 0 Å². The molecule has 0 amide bonds. The predicted molar refractivity (Wildman–Crippen MR) is 99.5 cm³/mol. The van der Waals surface area contributed by atoms with Gasteiger partial charge in [0.05, 0.1) is 23.8 Å². The molecule has 132 valence electrons. The van der Waals surface area contributed by atoms with E-state index in [1.807, 2.05) is 31.3 Å². The Morgan fingerprint density at radius 3 is 2.80 bits per heavy atom. The summed E-state index contributed by atoms with van der Waals surface area (Å²) in [7, 11) is 0. The van der Waals surface area contributed by atoms with E-state index in [2.05, 4.69) is 22.5 Å². The number of hydrogen-bond acceptors (Lipinski definition) is 4. The molecule has 0 N–H and O–H groups in total. The molecule has 0 fully saturated rings. The SMILES string of the molecule is CCCc1nc2cnc3ccccc3c2n1CCCCC(=O)OCC. The van der Waals surface area contributed by atoms with Crippen molar-refractivity contribution in [1.29, 1.82) is 0 Å². The van der Waals surface area contributed by atoms with Gasteiger partial charge in [-0.3, -0.25) is 9.78 Å². The molecule has 0 saturated heterocycles. The van der Waals surface area contributed by atoms with Crippen molar-refractivity contribution in [3.05, 3.63) is 36.3 Å². The van der Waals surface area contributed by atoms with Crippen molar-refractivity contribution in [2.24, 2.45) is 0 Å². The lowest BCUT2D eigenvalue weighted by atomic mass is 10.2. The summed E-state index contributed by atoms with van der Waals surface area (Å²) in [6.07, 6.45) is 6.10. The molecular weight excluding hydrogens is 314 g/mol. The number of para-hydroxylation sites is 1. The van der Waals surface area contributed by atoms with Crippen LogP contribution in [0.5, 0.6) is 0 Å². The Morgan fingerprint density at radius 2 is 2.00 bits per heavy atom. The second kappa shape index (κ2) is 8.10. The third kappa shape index (κ3) is 3.81. The highest BCUT2D eigenvalue weighted by Gasteiger charge is 2.13. The minimum atomic E-state index is -0.110. The Labute approximate surface area is 148 Å². The topological polar surface area (TPSA) is 57.0 Å². The molecule has 2 heterocycles. The van der Waals surface area contributed by atoms with Gasteiger partial charge in [0.1, 0.15) is 11.3 Å². The number of esters is 1. The number of fused-ring (bicyclic) bond motifs is 3. The van der Waals surface area contributed by atoms with Gasteiger partial charge in [-0.2, -0.15) is 0 Å². The second-order valence-corrected chi connectivity index (χ2v) is 6.20. The summed E-state index contributed by atoms with van der Waals surface area (Å²) in [6, 6.07) is 8.19. The molecule has 0 spiro atoms. The van der Waals surface area contributed by atoms with Gasteiger partial charge in [0.25, 0.3) is 0 Å². The fraction of sp³-hybridized carbons (Fsp3) is 0.450. The zero-order valence-electron chi connectivity index (χ0n) is 15.0. The van der Waals surface area contributed by atoms with Crippen molar-refractivity contribution in [3.63, 3.8) is 0 Å². The van der Waals surface area contributed by atoms with Gasteiger partial charge in [0.2, 0.25) is 0 Å². The van der Waals surface area contributed by atoms with Crippen LogP contribution in [0.25, 0.3) is 21.9 Å². The standard InChI is InChI=1S/C20H25N3O2/c1-3-9-18-22-17-14-21-16-11-6-5-10-15(16)20(17)23(18)13-8-7-12-19(24)25-4-2/h5-6,10-11,14H,3-4,7-9,12-13H2,1-2H3. The first-order valence-corrected chi connectivity index (χ1v) is 9.13. The van der Waals surface area contributed by atoms with E-state index >= 15 is 0 Å². The molecule has 0 atom stereocenters. The largest absolute Gasteiger partial charge is 0.466 e. The van der Waals surface area contributed by atoms with Gasteiger partial charge >= 0.3 is 5.97 Å². The molecule has 0 saturated carbocycles. The molecule has 1 aromatic carbocycles. The fourth-order valence-corrected chi connectivity index (χ4v) is 3.24. The van der Waals surface area contributed by atoms with Crippen LogP contribution in [-0.4, -0.2) is 27.1 Å². The summed E-state index contributed by atoms with van der Waals surface area (Å²) in [5, 5.41) is 1.14. The lowest BCUT2D eigenvalue weighted by molar-refractivity contribution is -0.143. The molecule has 5 heteroatoms. The Kier molecular flexibility index (Phi) is 5.64. The van der Waals surface area contributed by atoms with Gasteiger partial charge in [-0.15, -0.1) is 0 Å². The average Bonchev–Trinajstić information content (AvgIpc) is 2.97. The van der Waals surface area contributed by atoms with Crippen molar-refractivity contribution >= 4 is 27.9 Å². The zero-order chi connectivity index (χ0) is 17.6. The number of hydrogen-bond donors (Lipinski definition) is 0. The number of pyridine rings is 1. The van der Waals surface area contributed by atoms with Crippen LogP contribution in [0.2, 0.25) is 0 Å². The number of carbonyl (C=O) groups is 1. The number of nitrogens with zero attached hydrogens (tertiary/aromatic N) is 3. The van der Waals surface area contributed by atoms with E-state index in [0.29, 0.717) is 13.0 Å². The smallest absolute Gasteiger partial charge is 0.305 e. The van der Waals surface area contributed by atoms with Crippen LogP contribution >= 0.6 is 0 Å². The van der Waals surface area contributed by atoms with Gasteiger partial charge in [-0.1, -0.05) is 25.1 Å². The number of aryl methyl sites for hydroxylation is 2. The van der Waals surface area contributed by atoms with E-state index < -0.39 is 0 Å². The van der Waals surface area contributed by atoms with Crippen LogP contribution in [0, 0.1) is 0 Å². The molecule has 3 rings (SSSR count).